The SMILES string of the molecule is C/C=C\C(=C/CC)c1c(-c2ccc(N(c3ccc(-c4ccccc4)cc3)c3ccc4c(c3)C(C)(C)c3ccccc3-4)cc2)n(-c2ccccc2)c2c3ccccc3c3ccccc3c12. The van der Waals surface area contributed by atoms with Crippen LogP contribution in [0.25, 0.3) is 77.2 Å². The number of fused-ring (bicyclic) bond motifs is 9. The van der Waals surface area contributed by atoms with E-state index in [1.807, 2.05) is 0 Å². The number of hydrogen-bond donors (Lipinski definition) is 0. The molecule has 0 aliphatic heterocycles. The van der Waals surface area contributed by atoms with Crippen LogP contribution in [0, 0.1) is 0 Å². The van der Waals surface area contributed by atoms with Crippen molar-refractivity contribution in [2.75, 3.05) is 4.90 Å². The van der Waals surface area contributed by atoms with Crippen molar-refractivity contribution in [2.24, 2.45) is 0 Å². The lowest BCUT2D eigenvalue weighted by Gasteiger charge is -2.28. The molecular formula is C62H50N2. The van der Waals surface area contributed by atoms with E-state index in [4.69, 9.17) is 0 Å². The fourth-order valence-corrected chi connectivity index (χ4v) is 10.5. The number of nitrogens with zero attached hydrogens (tertiary/aromatic N) is 2. The fraction of sp³-hybridized carbons (Fsp3) is 0.0968. The molecule has 1 aromatic heterocycles. The highest BCUT2D eigenvalue weighted by molar-refractivity contribution is 6.29. The van der Waals surface area contributed by atoms with Crippen LogP contribution < -0.4 is 4.90 Å². The van der Waals surface area contributed by atoms with Crippen LogP contribution in [-0.2, 0) is 5.41 Å². The molecule has 0 N–H and O–H groups in total. The maximum absolute atomic E-state index is 2.53. The Balaban J connectivity index is 1.16. The Labute approximate surface area is 376 Å². The number of benzene rings is 9. The molecule has 0 saturated carbocycles. The maximum atomic E-state index is 2.53. The second-order valence-corrected chi connectivity index (χ2v) is 17.5. The van der Waals surface area contributed by atoms with E-state index in [2.05, 4.69) is 256 Å². The van der Waals surface area contributed by atoms with Crippen molar-refractivity contribution < 1.29 is 0 Å². The highest BCUT2D eigenvalue weighted by atomic mass is 15.1. The van der Waals surface area contributed by atoms with Gasteiger partial charge in [0, 0.05) is 44.5 Å². The minimum absolute atomic E-state index is 0.124. The van der Waals surface area contributed by atoms with Crippen molar-refractivity contribution in [2.45, 2.75) is 39.5 Å². The van der Waals surface area contributed by atoms with E-state index in [9.17, 15) is 0 Å². The van der Waals surface area contributed by atoms with Gasteiger partial charge in [0.15, 0.2) is 0 Å². The summed E-state index contributed by atoms with van der Waals surface area (Å²) in [7, 11) is 0. The molecule has 0 bridgehead atoms. The van der Waals surface area contributed by atoms with Crippen LogP contribution in [0.15, 0.2) is 218 Å². The Morgan fingerprint density at radius 2 is 1.05 bits per heavy atom. The minimum atomic E-state index is -0.124. The summed E-state index contributed by atoms with van der Waals surface area (Å²) in [6.45, 7) is 9.09. The fourth-order valence-electron chi connectivity index (χ4n) is 10.5. The second kappa shape index (κ2) is 15.9. The molecule has 0 radical (unpaired) electrons. The summed E-state index contributed by atoms with van der Waals surface area (Å²) in [5.41, 5.74) is 18.2. The summed E-state index contributed by atoms with van der Waals surface area (Å²) in [5, 5.41) is 6.31. The molecule has 1 aliphatic rings. The zero-order valence-electron chi connectivity index (χ0n) is 36.9. The van der Waals surface area contributed by atoms with Gasteiger partial charge >= 0.3 is 0 Å². The quantitative estimate of drug-likeness (QED) is 0.104. The zero-order chi connectivity index (χ0) is 43.4. The Morgan fingerprint density at radius 1 is 0.516 bits per heavy atom. The Morgan fingerprint density at radius 3 is 1.72 bits per heavy atom. The van der Waals surface area contributed by atoms with Crippen LogP contribution in [0.2, 0.25) is 0 Å². The predicted molar refractivity (Wildman–Crippen MR) is 274 cm³/mol. The monoisotopic (exact) mass is 822 g/mol. The van der Waals surface area contributed by atoms with E-state index >= 15 is 0 Å². The highest BCUT2D eigenvalue weighted by Gasteiger charge is 2.36. The van der Waals surface area contributed by atoms with Gasteiger partial charge < -0.3 is 9.47 Å². The van der Waals surface area contributed by atoms with Gasteiger partial charge in [-0.1, -0.05) is 191 Å². The molecule has 0 fully saturated rings. The van der Waals surface area contributed by atoms with Gasteiger partial charge in [0.1, 0.15) is 0 Å². The Bertz CT molecular complexity index is 3420. The lowest BCUT2D eigenvalue weighted by molar-refractivity contribution is 0.660. The van der Waals surface area contributed by atoms with Crippen LogP contribution in [0.5, 0.6) is 0 Å². The Kier molecular flexibility index (Phi) is 9.74. The van der Waals surface area contributed by atoms with Crippen molar-refractivity contribution in [3.05, 3.63) is 235 Å². The lowest BCUT2D eigenvalue weighted by atomic mass is 9.82. The van der Waals surface area contributed by atoms with Crippen LogP contribution in [0.1, 0.15) is 50.8 Å². The number of aromatic nitrogens is 1. The lowest BCUT2D eigenvalue weighted by Crippen LogP contribution is -2.16. The first-order valence-corrected chi connectivity index (χ1v) is 22.6. The third-order valence-electron chi connectivity index (χ3n) is 13.4. The molecule has 0 atom stereocenters. The van der Waals surface area contributed by atoms with E-state index in [0.29, 0.717) is 0 Å². The minimum Gasteiger partial charge on any atom is -0.310 e. The molecule has 1 heterocycles. The summed E-state index contributed by atoms with van der Waals surface area (Å²) >= 11 is 0. The summed E-state index contributed by atoms with van der Waals surface area (Å²) in [6.07, 6.45) is 7.78. The van der Waals surface area contributed by atoms with E-state index < -0.39 is 0 Å². The van der Waals surface area contributed by atoms with E-state index in [1.165, 1.54) is 82.7 Å². The number of rotatable bonds is 9. The molecule has 308 valence electrons. The first-order chi connectivity index (χ1) is 31.5. The molecular weight excluding hydrogens is 773 g/mol. The van der Waals surface area contributed by atoms with Gasteiger partial charge in [0.2, 0.25) is 0 Å². The number of hydrogen-bond acceptors (Lipinski definition) is 1. The molecule has 10 aromatic rings. The zero-order valence-corrected chi connectivity index (χ0v) is 36.9. The summed E-state index contributed by atoms with van der Waals surface area (Å²) in [4.78, 5) is 2.43. The van der Waals surface area contributed by atoms with Crippen LogP contribution in [-0.4, -0.2) is 4.57 Å². The second-order valence-electron chi connectivity index (χ2n) is 17.5. The first kappa shape index (κ1) is 39.2. The largest absolute Gasteiger partial charge is 0.310 e. The van der Waals surface area contributed by atoms with E-state index in [1.54, 1.807) is 0 Å². The van der Waals surface area contributed by atoms with Gasteiger partial charge in [-0.05, 0) is 123 Å². The van der Waals surface area contributed by atoms with Gasteiger partial charge in [-0.15, -0.1) is 0 Å². The maximum Gasteiger partial charge on any atom is 0.0626 e. The van der Waals surface area contributed by atoms with Crippen molar-refractivity contribution in [1.29, 1.82) is 0 Å². The molecule has 0 amide bonds. The molecule has 1 aliphatic carbocycles. The summed E-state index contributed by atoms with van der Waals surface area (Å²) < 4.78 is 2.53. The third kappa shape index (κ3) is 6.32. The molecule has 2 nitrogen and oxygen atoms in total. The normalized spacial score (nSPS) is 13.2. The summed E-state index contributed by atoms with van der Waals surface area (Å²) in [5.74, 6) is 0. The van der Waals surface area contributed by atoms with Gasteiger partial charge in [-0.3, -0.25) is 0 Å². The molecule has 11 rings (SSSR count). The summed E-state index contributed by atoms with van der Waals surface area (Å²) in [6, 6.07) is 73.8. The molecule has 9 aromatic carbocycles. The van der Waals surface area contributed by atoms with Crippen LogP contribution >= 0.6 is 0 Å². The highest BCUT2D eigenvalue weighted by Crippen LogP contribution is 2.52. The van der Waals surface area contributed by atoms with Gasteiger partial charge in [-0.25, -0.2) is 0 Å². The number of anilines is 3. The topological polar surface area (TPSA) is 8.17 Å². The first-order valence-electron chi connectivity index (χ1n) is 22.6. The number of para-hydroxylation sites is 1. The van der Waals surface area contributed by atoms with Crippen LogP contribution in [0.4, 0.5) is 17.1 Å². The van der Waals surface area contributed by atoms with Crippen molar-refractivity contribution in [3.63, 3.8) is 0 Å². The van der Waals surface area contributed by atoms with Gasteiger partial charge in [-0.2, -0.15) is 0 Å². The molecule has 64 heavy (non-hydrogen) atoms. The number of allylic oxidation sites excluding steroid dienone is 4. The smallest absolute Gasteiger partial charge is 0.0626 e. The van der Waals surface area contributed by atoms with Gasteiger partial charge in [0.05, 0.1) is 11.2 Å². The van der Waals surface area contributed by atoms with Crippen LogP contribution in [0.3, 0.4) is 0 Å². The average Bonchev–Trinajstić information content (AvgIpc) is 3.82. The van der Waals surface area contributed by atoms with Crippen molar-refractivity contribution in [3.8, 4) is 39.2 Å². The van der Waals surface area contributed by atoms with E-state index in [0.717, 1.165) is 34.7 Å². The van der Waals surface area contributed by atoms with Crippen molar-refractivity contribution in [1.82, 2.24) is 4.57 Å². The Hall–Kier alpha value is -7.68. The standard InChI is InChI=1S/C62H50N2/c1-5-19-44(20-6-2)58-59-54-28-15-13-25-50(54)51-26-14-16-29-55(51)61(59)64(46-23-11-8-12-24-46)60(58)45-33-37-48(38-34-45)63(47-35-31-43(32-36-47)42-21-9-7-10-22-42)49-39-40-53-52-27-17-18-30-56(52)62(3,4)57(53)41-49/h5,7-41H,6H2,1-4H3/b19-5-,44-20+. The predicted octanol–water partition coefficient (Wildman–Crippen LogP) is 17.4. The van der Waals surface area contributed by atoms with Crippen molar-refractivity contribution >= 4 is 55.1 Å². The molecule has 0 spiro atoms. The van der Waals surface area contributed by atoms with E-state index in [-0.39, 0.29) is 5.41 Å². The van der Waals surface area contributed by atoms with Gasteiger partial charge in [0.25, 0.3) is 0 Å². The molecule has 0 unspecified atom stereocenters. The molecule has 0 saturated heterocycles. The average molecular weight is 823 g/mol. The third-order valence-corrected chi connectivity index (χ3v) is 13.4. The molecule has 2 heteroatoms.